The van der Waals surface area contributed by atoms with Crippen molar-refractivity contribution in [3.05, 3.63) is 33.4 Å². The molecule has 0 spiro atoms. The van der Waals surface area contributed by atoms with E-state index in [2.05, 4.69) is 33.5 Å². The molecule has 2 aromatic rings. The Bertz CT molecular complexity index is 540. The average Bonchev–Trinajstić information content (AvgIpc) is 2.98. The lowest BCUT2D eigenvalue weighted by Gasteiger charge is -2.04. The van der Waals surface area contributed by atoms with Crippen LogP contribution in [0.1, 0.15) is 24.4 Å². The van der Waals surface area contributed by atoms with Gasteiger partial charge in [0, 0.05) is 11.4 Å². The molecule has 1 aromatic carbocycles. The Morgan fingerprint density at radius 1 is 1.40 bits per heavy atom. The van der Waals surface area contributed by atoms with Gasteiger partial charge in [-0.2, -0.15) is 0 Å². The van der Waals surface area contributed by atoms with E-state index < -0.39 is 0 Å². The second-order valence-corrected chi connectivity index (χ2v) is 5.31. The predicted octanol–water partition coefficient (Wildman–Crippen LogP) is 4.70. The van der Waals surface area contributed by atoms with Crippen molar-refractivity contribution in [1.82, 2.24) is 4.57 Å². The van der Waals surface area contributed by atoms with E-state index in [1.165, 1.54) is 33.9 Å². The molecule has 0 N–H and O–H groups in total. The van der Waals surface area contributed by atoms with Gasteiger partial charge in [0.25, 0.3) is 0 Å². The number of aromatic nitrogens is 1. The van der Waals surface area contributed by atoms with E-state index in [9.17, 15) is 0 Å². The third kappa shape index (κ3) is 1.35. The molecule has 0 atom stereocenters. The largest absolute Gasteiger partial charge is 0.332 e. The Kier molecular flexibility index (Phi) is 2.12. The minimum atomic E-state index is 0.675. The quantitative estimate of drug-likeness (QED) is 0.715. The number of benzene rings is 1. The van der Waals surface area contributed by atoms with Gasteiger partial charge in [0.15, 0.2) is 0 Å². The highest BCUT2D eigenvalue weighted by atomic mass is 79.9. The van der Waals surface area contributed by atoms with E-state index in [0.717, 1.165) is 5.02 Å². The summed E-state index contributed by atoms with van der Waals surface area (Å²) in [5.74, 6) is 0. The van der Waals surface area contributed by atoms with Crippen LogP contribution in [0.25, 0.3) is 10.9 Å². The van der Waals surface area contributed by atoms with Crippen LogP contribution in [0.3, 0.4) is 0 Å². The molecule has 1 fully saturated rings. The highest BCUT2D eigenvalue weighted by molar-refractivity contribution is 9.10. The normalized spacial score (nSPS) is 16.2. The summed E-state index contributed by atoms with van der Waals surface area (Å²) in [6, 6.07) is 6.81. The highest BCUT2D eigenvalue weighted by Gasteiger charge is 2.28. The monoisotopic (exact) mass is 283 g/mol. The third-order valence-electron chi connectivity index (χ3n) is 3.06. The Hall–Kier alpha value is -0.470. The van der Waals surface area contributed by atoms with Gasteiger partial charge in [0.05, 0.1) is 15.1 Å². The molecule has 1 heterocycles. The number of rotatable bonds is 1. The molecule has 15 heavy (non-hydrogen) atoms. The molecule has 1 nitrogen and oxygen atoms in total. The fourth-order valence-corrected chi connectivity index (χ4v) is 3.15. The van der Waals surface area contributed by atoms with Gasteiger partial charge >= 0.3 is 0 Å². The molecule has 0 unspecified atom stereocenters. The first-order valence-electron chi connectivity index (χ1n) is 5.14. The van der Waals surface area contributed by atoms with Gasteiger partial charge in [-0.15, -0.1) is 0 Å². The van der Waals surface area contributed by atoms with Crippen molar-refractivity contribution >= 4 is 38.4 Å². The standard InChI is InChI=1S/C12H11BrClN/c1-7-11-9(14)3-2-4-10(11)15(12(7)13)8-5-6-8/h2-4,8H,5-6H2,1H3. The summed E-state index contributed by atoms with van der Waals surface area (Å²) in [4.78, 5) is 0. The maximum Gasteiger partial charge on any atom is 0.0890 e. The summed E-state index contributed by atoms with van der Waals surface area (Å²) in [7, 11) is 0. The number of halogens is 2. The molecule has 0 radical (unpaired) electrons. The SMILES string of the molecule is Cc1c(Br)n(C2CC2)c2cccc(Cl)c12. The molecular weight excluding hydrogens is 273 g/mol. The number of hydrogen-bond donors (Lipinski definition) is 0. The third-order valence-corrected chi connectivity index (χ3v) is 4.35. The van der Waals surface area contributed by atoms with E-state index in [-0.39, 0.29) is 0 Å². The van der Waals surface area contributed by atoms with Crippen molar-refractivity contribution < 1.29 is 0 Å². The molecular formula is C12H11BrClN. The van der Waals surface area contributed by atoms with Crippen LogP contribution in [0, 0.1) is 6.92 Å². The van der Waals surface area contributed by atoms with Crippen LogP contribution in [-0.2, 0) is 0 Å². The average molecular weight is 285 g/mol. The van der Waals surface area contributed by atoms with Crippen molar-refractivity contribution in [2.75, 3.05) is 0 Å². The first-order valence-corrected chi connectivity index (χ1v) is 6.31. The van der Waals surface area contributed by atoms with Crippen LogP contribution in [0.4, 0.5) is 0 Å². The lowest BCUT2D eigenvalue weighted by molar-refractivity contribution is 0.755. The molecule has 3 heteroatoms. The summed E-state index contributed by atoms with van der Waals surface area (Å²) in [6.07, 6.45) is 2.57. The number of nitrogens with zero attached hydrogens (tertiary/aromatic N) is 1. The van der Waals surface area contributed by atoms with Crippen molar-refractivity contribution in [3.63, 3.8) is 0 Å². The van der Waals surface area contributed by atoms with Gasteiger partial charge in [-0.05, 0) is 53.4 Å². The van der Waals surface area contributed by atoms with E-state index in [4.69, 9.17) is 11.6 Å². The van der Waals surface area contributed by atoms with Crippen LogP contribution in [0.15, 0.2) is 22.8 Å². The fraction of sp³-hybridized carbons (Fsp3) is 0.333. The second-order valence-electron chi connectivity index (χ2n) is 4.15. The van der Waals surface area contributed by atoms with Gasteiger partial charge in [-0.25, -0.2) is 0 Å². The lowest BCUT2D eigenvalue weighted by atomic mass is 10.2. The van der Waals surface area contributed by atoms with Gasteiger partial charge in [0.2, 0.25) is 0 Å². The Labute approximate surface area is 102 Å². The zero-order valence-electron chi connectivity index (χ0n) is 8.43. The van der Waals surface area contributed by atoms with Gasteiger partial charge in [0.1, 0.15) is 0 Å². The van der Waals surface area contributed by atoms with Gasteiger partial charge in [-0.3, -0.25) is 0 Å². The smallest absolute Gasteiger partial charge is 0.0890 e. The molecule has 3 rings (SSSR count). The maximum atomic E-state index is 6.24. The lowest BCUT2D eigenvalue weighted by Crippen LogP contribution is -1.92. The number of fused-ring (bicyclic) bond motifs is 1. The molecule has 0 bridgehead atoms. The van der Waals surface area contributed by atoms with Crippen molar-refractivity contribution in [2.45, 2.75) is 25.8 Å². The summed E-state index contributed by atoms with van der Waals surface area (Å²) >= 11 is 9.91. The molecule has 0 saturated heterocycles. The first kappa shape index (κ1) is 9.73. The summed E-state index contributed by atoms with van der Waals surface area (Å²) in [6.45, 7) is 2.12. The minimum absolute atomic E-state index is 0.675. The molecule has 0 amide bonds. The van der Waals surface area contributed by atoms with Crippen LogP contribution in [0.2, 0.25) is 5.02 Å². The van der Waals surface area contributed by atoms with Crippen LogP contribution in [0.5, 0.6) is 0 Å². The van der Waals surface area contributed by atoms with E-state index in [1.807, 2.05) is 12.1 Å². The summed E-state index contributed by atoms with van der Waals surface area (Å²) in [5, 5.41) is 2.04. The Morgan fingerprint density at radius 2 is 2.13 bits per heavy atom. The summed E-state index contributed by atoms with van der Waals surface area (Å²) in [5.41, 5.74) is 2.51. The molecule has 78 valence electrons. The summed E-state index contributed by atoms with van der Waals surface area (Å²) < 4.78 is 3.56. The van der Waals surface area contributed by atoms with Crippen molar-refractivity contribution in [3.8, 4) is 0 Å². The fourth-order valence-electron chi connectivity index (χ4n) is 2.16. The number of aryl methyl sites for hydroxylation is 1. The molecule has 1 saturated carbocycles. The second kappa shape index (κ2) is 3.26. The maximum absolute atomic E-state index is 6.24. The van der Waals surface area contributed by atoms with Crippen molar-refractivity contribution in [2.24, 2.45) is 0 Å². The topological polar surface area (TPSA) is 4.93 Å². The number of hydrogen-bond acceptors (Lipinski definition) is 0. The predicted molar refractivity (Wildman–Crippen MR) is 67.7 cm³/mol. The minimum Gasteiger partial charge on any atom is -0.332 e. The van der Waals surface area contributed by atoms with E-state index >= 15 is 0 Å². The molecule has 1 aliphatic carbocycles. The Morgan fingerprint density at radius 3 is 2.80 bits per heavy atom. The van der Waals surface area contributed by atoms with Crippen LogP contribution >= 0.6 is 27.5 Å². The van der Waals surface area contributed by atoms with E-state index in [1.54, 1.807) is 0 Å². The molecule has 0 aliphatic heterocycles. The van der Waals surface area contributed by atoms with E-state index in [0.29, 0.717) is 6.04 Å². The van der Waals surface area contributed by atoms with Crippen molar-refractivity contribution in [1.29, 1.82) is 0 Å². The zero-order chi connectivity index (χ0) is 10.6. The van der Waals surface area contributed by atoms with Crippen LogP contribution < -0.4 is 0 Å². The van der Waals surface area contributed by atoms with Gasteiger partial charge < -0.3 is 4.57 Å². The first-order chi connectivity index (χ1) is 7.20. The molecule has 1 aromatic heterocycles. The van der Waals surface area contributed by atoms with Gasteiger partial charge in [-0.1, -0.05) is 17.7 Å². The van der Waals surface area contributed by atoms with Crippen LogP contribution in [-0.4, -0.2) is 4.57 Å². The highest BCUT2D eigenvalue weighted by Crippen LogP contribution is 2.44. The zero-order valence-corrected chi connectivity index (χ0v) is 10.8. The Balaban J connectivity index is 2.44. The molecule has 1 aliphatic rings.